The minimum absolute atomic E-state index is 0.0272. The lowest BCUT2D eigenvalue weighted by Crippen LogP contribution is -2.05. The second-order valence-corrected chi connectivity index (χ2v) is 3.69. The van der Waals surface area contributed by atoms with Crippen LogP contribution in [0.4, 0.5) is 4.39 Å². The fourth-order valence-electron chi connectivity index (χ4n) is 1.57. The summed E-state index contributed by atoms with van der Waals surface area (Å²) in [4.78, 5) is 22.6. The standard InChI is InChI=1S/C14H9FO3/c15-12-4-2-1-3-11(12)13(16)9-5-7-10(8-6-9)14(17)18/h1-8H,(H,17,18). The summed E-state index contributed by atoms with van der Waals surface area (Å²) in [5.74, 6) is -2.13. The Bertz CT molecular complexity index is 603. The summed E-state index contributed by atoms with van der Waals surface area (Å²) < 4.78 is 13.4. The largest absolute Gasteiger partial charge is 0.478 e. The van der Waals surface area contributed by atoms with Crippen molar-refractivity contribution in [1.82, 2.24) is 0 Å². The van der Waals surface area contributed by atoms with Gasteiger partial charge in [0.2, 0.25) is 0 Å². The van der Waals surface area contributed by atoms with Crippen LogP contribution in [0.15, 0.2) is 48.5 Å². The fourth-order valence-corrected chi connectivity index (χ4v) is 1.57. The Morgan fingerprint density at radius 3 is 2.00 bits per heavy atom. The average molecular weight is 244 g/mol. The number of halogens is 1. The van der Waals surface area contributed by atoms with E-state index in [1.165, 1.54) is 42.5 Å². The third-order valence-corrected chi connectivity index (χ3v) is 2.51. The Morgan fingerprint density at radius 2 is 1.44 bits per heavy atom. The molecule has 0 aliphatic rings. The van der Waals surface area contributed by atoms with Crippen LogP contribution in [0.3, 0.4) is 0 Å². The highest BCUT2D eigenvalue weighted by Crippen LogP contribution is 2.14. The smallest absolute Gasteiger partial charge is 0.335 e. The Balaban J connectivity index is 2.35. The fraction of sp³-hybridized carbons (Fsp3) is 0. The van der Waals surface area contributed by atoms with E-state index in [4.69, 9.17) is 5.11 Å². The number of carboxylic acids is 1. The molecule has 0 fully saturated rings. The monoisotopic (exact) mass is 244 g/mol. The van der Waals surface area contributed by atoms with Crippen LogP contribution < -0.4 is 0 Å². The highest BCUT2D eigenvalue weighted by Gasteiger charge is 2.13. The molecule has 2 rings (SSSR count). The lowest BCUT2D eigenvalue weighted by atomic mass is 10.0. The zero-order chi connectivity index (χ0) is 13.1. The molecule has 0 radical (unpaired) electrons. The molecule has 0 atom stereocenters. The van der Waals surface area contributed by atoms with E-state index in [0.29, 0.717) is 0 Å². The van der Waals surface area contributed by atoms with Gasteiger partial charge in [0.05, 0.1) is 11.1 Å². The van der Waals surface area contributed by atoms with Gasteiger partial charge in [-0.15, -0.1) is 0 Å². The molecule has 0 bridgehead atoms. The predicted octanol–water partition coefficient (Wildman–Crippen LogP) is 2.75. The van der Waals surface area contributed by atoms with Crippen LogP contribution in [-0.2, 0) is 0 Å². The molecule has 0 aliphatic carbocycles. The van der Waals surface area contributed by atoms with Crippen molar-refractivity contribution in [3.63, 3.8) is 0 Å². The number of benzene rings is 2. The van der Waals surface area contributed by atoms with E-state index in [2.05, 4.69) is 0 Å². The van der Waals surface area contributed by atoms with E-state index in [1.54, 1.807) is 6.07 Å². The molecule has 0 spiro atoms. The molecule has 3 nitrogen and oxygen atoms in total. The third-order valence-electron chi connectivity index (χ3n) is 2.51. The lowest BCUT2D eigenvalue weighted by molar-refractivity contribution is 0.0696. The maximum atomic E-state index is 13.4. The molecule has 2 aromatic carbocycles. The number of rotatable bonds is 3. The maximum absolute atomic E-state index is 13.4. The Hall–Kier alpha value is -2.49. The summed E-state index contributed by atoms with van der Waals surface area (Å²) in [6.45, 7) is 0. The second-order valence-electron chi connectivity index (χ2n) is 3.69. The van der Waals surface area contributed by atoms with Crippen molar-refractivity contribution in [1.29, 1.82) is 0 Å². The van der Waals surface area contributed by atoms with E-state index in [-0.39, 0.29) is 16.7 Å². The van der Waals surface area contributed by atoms with E-state index < -0.39 is 17.6 Å². The minimum atomic E-state index is -1.07. The van der Waals surface area contributed by atoms with Crippen molar-refractivity contribution < 1.29 is 19.1 Å². The Labute approximate surface area is 103 Å². The first-order chi connectivity index (χ1) is 8.59. The molecule has 18 heavy (non-hydrogen) atoms. The van der Waals surface area contributed by atoms with Crippen LogP contribution in [0.5, 0.6) is 0 Å². The van der Waals surface area contributed by atoms with E-state index in [1.807, 2.05) is 0 Å². The van der Waals surface area contributed by atoms with Gasteiger partial charge in [0.25, 0.3) is 0 Å². The Morgan fingerprint density at radius 1 is 0.889 bits per heavy atom. The molecule has 90 valence electrons. The summed E-state index contributed by atoms with van der Waals surface area (Å²) in [5.41, 5.74) is 0.311. The topological polar surface area (TPSA) is 54.4 Å². The number of hydrogen-bond donors (Lipinski definition) is 1. The molecule has 0 heterocycles. The quantitative estimate of drug-likeness (QED) is 0.844. The number of carbonyl (C=O) groups is 2. The normalized spacial score (nSPS) is 10.1. The van der Waals surface area contributed by atoms with Gasteiger partial charge in [-0.25, -0.2) is 9.18 Å². The SMILES string of the molecule is O=C(O)c1ccc(C(=O)c2ccccc2F)cc1. The summed E-state index contributed by atoms with van der Waals surface area (Å²) in [5, 5.41) is 8.73. The highest BCUT2D eigenvalue weighted by molar-refractivity contribution is 6.09. The molecular formula is C14H9FO3. The van der Waals surface area contributed by atoms with Gasteiger partial charge < -0.3 is 5.11 Å². The first-order valence-electron chi connectivity index (χ1n) is 5.22. The first-order valence-corrected chi connectivity index (χ1v) is 5.22. The molecule has 0 unspecified atom stereocenters. The van der Waals surface area contributed by atoms with Gasteiger partial charge in [-0.3, -0.25) is 4.79 Å². The molecule has 1 N–H and O–H groups in total. The Kier molecular flexibility index (Phi) is 3.19. The van der Waals surface area contributed by atoms with Crippen molar-refractivity contribution in [2.45, 2.75) is 0 Å². The maximum Gasteiger partial charge on any atom is 0.335 e. The van der Waals surface area contributed by atoms with Crippen LogP contribution in [0.2, 0.25) is 0 Å². The van der Waals surface area contributed by atoms with Gasteiger partial charge in [0.15, 0.2) is 5.78 Å². The van der Waals surface area contributed by atoms with Crippen molar-refractivity contribution in [3.05, 3.63) is 71.0 Å². The van der Waals surface area contributed by atoms with E-state index in [9.17, 15) is 14.0 Å². The van der Waals surface area contributed by atoms with Crippen molar-refractivity contribution in [2.75, 3.05) is 0 Å². The van der Waals surface area contributed by atoms with Crippen LogP contribution in [-0.4, -0.2) is 16.9 Å². The van der Waals surface area contributed by atoms with Gasteiger partial charge in [-0.05, 0) is 24.3 Å². The van der Waals surface area contributed by atoms with Gasteiger partial charge in [0, 0.05) is 5.56 Å². The second kappa shape index (κ2) is 4.79. The van der Waals surface area contributed by atoms with E-state index >= 15 is 0 Å². The average Bonchev–Trinajstić information content (AvgIpc) is 2.38. The molecular weight excluding hydrogens is 235 g/mol. The molecule has 2 aromatic rings. The van der Waals surface area contributed by atoms with Gasteiger partial charge in [-0.1, -0.05) is 24.3 Å². The third kappa shape index (κ3) is 2.27. The van der Waals surface area contributed by atoms with Crippen LogP contribution in [0.25, 0.3) is 0 Å². The number of carbonyl (C=O) groups excluding carboxylic acids is 1. The lowest BCUT2D eigenvalue weighted by Gasteiger charge is -2.02. The van der Waals surface area contributed by atoms with Gasteiger partial charge >= 0.3 is 5.97 Å². The molecule has 0 aromatic heterocycles. The summed E-state index contributed by atoms with van der Waals surface area (Å²) in [6, 6.07) is 11.0. The summed E-state index contributed by atoms with van der Waals surface area (Å²) in [6.07, 6.45) is 0. The molecule has 0 aliphatic heterocycles. The van der Waals surface area contributed by atoms with Crippen LogP contribution >= 0.6 is 0 Å². The number of aromatic carboxylic acids is 1. The molecule has 0 amide bonds. The van der Waals surface area contributed by atoms with Crippen molar-refractivity contribution >= 4 is 11.8 Å². The zero-order valence-corrected chi connectivity index (χ0v) is 9.26. The first kappa shape index (κ1) is 12.0. The van der Waals surface area contributed by atoms with Gasteiger partial charge in [-0.2, -0.15) is 0 Å². The zero-order valence-electron chi connectivity index (χ0n) is 9.26. The number of carboxylic acid groups (broad SMARTS) is 1. The molecule has 0 saturated heterocycles. The molecule has 4 heteroatoms. The van der Waals surface area contributed by atoms with E-state index in [0.717, 1.165) is 0 Å². The minimum Gasteiger partial charge on any atom is -0.478 e. The van der Waals surface area contributed by atoms with Crippen LogP contribution in [0, 0.1) is 5.82 Å². The molecule has 0 saturated carbocycles. The van der Waals surface area contributed by atoms with Gasteiger partial charge in [0.1, 0.15) is 5.82 Å². The van der Waals surface area contributed by atoms with Crippen LogP contribution in [0.1, 0.15) is 26.3 Å². The number of hydrogen-bond acceptors (Lipinski definition) is 2. The van der Waals surface area contributed by atoms with Crippen molar-refractivity contribution in [3.8, 4) is 0 Å². The summed E-state index contributed by atoms with van der Waals surface area (Å²) in [7, 11) is 0. The summed E-state index contributed by atoms with van der Waals surface area (Å²) >= 11 is 0. The highest BCUT2D eigenvalue weighted by atomic mass is 19.1. The predicted molar refractivity (Wildman–Crippen MR) is 63.2 cm³/mol. The number of ketones is 1. The van der Waals surface area contributed by atoms with Crippen molar-refractivity contribution in [2.24, 2.45) is 0 Å².